The van der Waals surface area contributed by atoms with Gasteiger partial charge in [-0.25, -0.2) is 13.2 Å². The van der Waals surface area contributed by atoms with E-state index in [9.17, 15) is 22.8 Å². The minimum atomic E-state index is -3.21. The normalized spacial score (nSPS) is 25.2. The number of carbonyl (C=O) groups excluding carboxylic acids is 3. The molecule has 1 aliphatic carbocycles. The van der Waals surface area contributed by atoms with Crippen LogP contribution in [0.5, 0.6) is 0 Å². The molecule has 0 bridgehead atoms. The molecule has 2 saturated heterocycles. The zero-order chi connectivity index (χ0) is 21.5. The van der Waals surface area contributed by atoms with Gasteiger partial charge in [-0.1, -0.05) is 37.5 Å². The number of rotatable bonds is 4. The summed E-state index contributed by atoms with van der Waals surface area (Å²) < 4.78 is 24.1. The van der Waals surface area contributed by atoms with E-state index in [-0.39, 0.29) is 24.0 Å². The van der Waals surface area contributed by atoms with Gasteiger partial charge in [0.15, 0.2) is 9.84 Å². The molecule has 4 rings (SSSR count). The van der Waals surface area contributed by atoms with Crippen molar-refractivity contribution >= 4 is 33.4 Å². The van der Waals surface area contributed by atoms with E-state index in [1.807, 2.05) is 6.07 Å². The van der Waals surface area contributed by atoms with E-state index in [0.717, 1.165) is 24.2 Å². The Hall–Kier alpha value is -2.42. The molecule has 0 radical (unpaired) electrons. The summed E-state index contributed by atoms with van der Waals surface area (Å²) in [4.78, 5) is 43.4. The van der Waals surface area contributed by atoms with Gasteiger partial charge in [-0.3, -0.25) is 14.5 Å². The van der Waals surface area contributed by atoms with E-state index < -0.39 is 33.4 Å². The number of hydrogen-bond donors (Lipinski definition) is 0. The molecule has 8 nitrogen and oxygen atoms in total. The molecule has 162 valence electrons. The molecule has 30 heavy (non-hydrogen) atoms. The van der Waals surface area contributed by atoms with Crippen LogP contribution in [0.2, 0.25) is 0 Å². The maximum Gasteiger partial charge on any atom is 0.327 e. The highest BCUT2D eigenvalue weighted by Crippen LogP contribution is 2.39. The van der Waals surface area contributed by atoms with Crippen LogP contribution < -0.4 is 4.90 Å². The average Bonchev–Trinajstić information content (AvgIpc) is 3.17. The molecule has 2 aliphatic heterocycles. The second kappa shape index (κ2) is 7.68. The van der Waals surface area contributed by atoms with Crippen LogP contribution in [-0.2, 0) is 19.4 Å². The Kier molecular flexibility index (Phi) is 5.34. The fraction of sp³-hybridized carbons (Fsp3) is 0.571. The number of anilines is 1. The van der Waals surface area contributed by atoms with Gasteiger partial charge in [0.1, 0.15) is 12.1 Å². The Labute approximate surface area is 176 Å². The van der Waals surface area contributed by atoms with E-state index in [1.165, 1.54) is 9.80 Å². The summed E-state index contributed by atoms with van der Waals surface area (Å²) in [6.07, 6.45) is 4.36. The number of likely N-dealkylation sites (N-methyl/N-ethyl adjacent to an activating group) is 1. The Balaban J connectivity index is 1.60. The van der Waals surface area contributed by atoms with Gasteiger partial charge in [-0.05, 0) is 31.4 Å². The van der Waals surface area contributed by atoms with Crippen LogP contribution in [0.25, 0.3) is 0 Å². The van der Waals surface area contributed by atoms with E-state index >= 15 is 0 Å². The Bertz CT molecular complexity index is 956. The summed E-state index contributed by atoms with van der Waals surface area (Å²) in [5, 5.41) is 0. The maximum absolute atomic E-state index is 13.3. The third kappa shape index (κ3) is 3.49. The SMILES string of the molecule is CN1C(=O)N(CC(=O)N(c2ccccc2)[C@H]2CCS(=O)(=O)C2)C(=O)C12CCCCC2. The van der Waals surface area contributed by atoms with Crippen LogP contribution in [-0.4, -0.2) is 72.7 Å². The number of para-hydroxylation sites is 1. The fourth-order valence-corrected chi connectivity index (χ4v) is 6.71. The zero-order valence-corrected chi connectivity index (χ0v) is 17.9. The standard InChI is InChI=1S/C21H27N3O5S/c1-22-20(27)23(19(26)21(22)11-6-3-7-12-21)14-18(25)24(16-8-4-2-5-9-16)17-10-13-30(28,29)15-17/h2,4-5,8-9,17H,3,6-7,10-15H2,1H3/t17-/m0/s1. The van der Waals surface area contributed by atoms with Gasteiger partial charge >= 0.3 is 6.03 Å². The van der Waals surface area contributed by atoms with Gasteiger partial charge in [0.05, 0.1) is 17.5 Å². The minimum Gasteiger partial charge on any atom is -0.313 e. The zero-order valence-electron chi connectivity index (χ0n) is 17.1. The molecule has 0 N–H and O–H groups in total. The van der Waals surface area contributed by atoms with Crippen LogP contribution in [0, 0.1) is 0 Å². The van der Waals surface area contributed by atoms with E-state index in [4.69, 9.17) is 0 Å². The average molecular weight is 434 g/mol. The highest BCUT2D eigenvalue weighted by molar-refractivity contribution is 7.91. The number of benzene rings is 1. The molecular weight excluding hydrogens is 406 g/mol. The third-order valence-corrected chi connectivity index (χ3v) is 8.40. The summed E-state index contributed by atoms with van der Waals surface area (Å²) >= 11 is 0. The molecule has 1 aromatic rings. The molecule has 1 saturated carbocycles. The van der Waals surface area contributed by atoms with Gasteiger partial charge < -0.3 is 9.80 Å². The van der Waals surface area contributed by atoms with Crippen molar-refractivity contribution in [3.63, 3.8) is 0 Å². The number of imide groups is 1. The van der Waals surface area contributed by atoms with Crippen LogP contribution >= 0.6 is 0 Å². The highest BCUT2D eigenvalue weighted by Gasteiger charge is 2.56. The molecule has 4 amide bonds. The quantitative estimate of drug-likeness (QED) is 0.675. The van der Waals surface area contributed by atoms with Crippen LogP contribution in [0.3, 0.4) is 0 Å². The lowest BCUT2D eigenvalue weighted by Gasteiger charge is -2.36. The van der Waals surface area contributed by atoms with Gasteiger partial charge in [0, 0.05) is 12.7 Å². The molecule has 0 unspecified atom stereocenters. The summed E-state index contributed by atoms with van der Waals surface area (Å²) in [7, 11) is -1.58. The Morgan fingerprint density at radius 2 is 1.80 bits per heavy atom. The van der Waals surface area contributed by atoms with Crippen molar-refractivity contribution in [3.8, 4) is 0 Å². The van der Waals surface area contributed by atoms with Crippen molar-refractivity contribution < 1.29 is 22.8 Å². The van der Waals surface area contributed by atoms with Crippen molar-refractivity contribution in [2.75, 3.05) is 30.0 Å². The fourth-order valence-electron chi connectivity index (χ4n) is 5.01. The van der Waals surface area contributed by atoms with Gasteiger partial charge in [-0.15, -0.1) is 0 Å². The van der Waals surface area contributed by atoms with Crippen LogP contribution in [0.15, 0.2) is 30.3 Å². The van der Waals surface area contributed by atoms with Crippen LogP contribution in [0.4, 0.5) is 10.5 Å². The second-order valence-electron chi connectivity index (χ2n) is 8.48. The molecule has 1 atom stereocenters. The number of nitrogens with zero attached hydrogens (tertiary/aromatic N) is 3. The first-order chi connectivity index (χ1) is 14.3. The minimum absolute atomic E-state index is 0.0295. The monoisotopic (exact) mass is 433 g/mol. The van der Waals surface area contributed by atoms with Crippen molar-refractivity contribution in [3.05, 3.63) is 30.3 Å². The highest BCUT2D eigenvalue weighted by atomic mass is 32.2. The summed E-state index contributed by atoms with van der Waals surface area (Å²) in [5.74, 6) is -0.831. The predicted molar refractivity (Wildman–Crippen MR) is 112 cm³/mol. The van der Waals surface area contributed by atoms with Gasteiger partial charge in [0.2, 0.25) is 5.91 Å². The van der Waals surface area contributed by atoms with Crippen molar-refractivity contribution in [1.82, 2.24) is 9.80 Å². The van der Waals surface area contributed by atoms with Gasteiger partial charge in [0.25, 0.3) is 5.91 Å². The lowest BCUT2D eigenvalue weighted by atomic mass is 9.81. The lowest BCUT2D eigenvalue weighted by molar-refractivity contribution is -0.136. The van der Waals surface area contributed by atoms with Crippen molar-refractivity contribution in [2.45, 2.75) is 50.1 Å². The number of hydrogen-bond acceptors (Lipinski definition) is 5. The van der Waals surface area contributed by atoms with E-state index in [2.05, 4.69) is 0 Å². The first-order valence-electron chi connectivity index (χ1n) is 10.4. The molecular formula is C21H27N3O5S. The Morgan fingerprint density at radius 1 is 1.13 bits per heavy atom. The molecule has 1 spiro atoms. The number of amides is 4. The predicted octanol–water partition coefficient (Wildman–Crippen LogP) is 1.80. The first kappa shape index (κ1) is 20.8. The maximum atomic E-state index is 13.3. The molecule has 3 aliphatic rings. The van der Waals surface area contributed by atoms with E-state index in [0.29, 0.717) is 24.9 Å². The smallest absolute Gasteiger partial charge is 0.313 e. The lowest BCUT2D eigenvalue weighted by Crippen LogP contribution is -2.50. The summed E-state index contributed by atoms with van der Waals surface area (Å²) in [6.45, 7) is -0.380. The largest absolute Gasteiger partial charge is 0.327 e. The first-order valence-corrected chi connectivity index (χ1v) is 12.2. The van der Waals surface area contributed by atoms with Crippen molar-refractivity contribution in [1.29, 1.82) is 0 Å². The molecule has 9 heteroatoms. The van der Waals surface area contributed by atoms with Crippen LogP contribution in [0.1, 0.15) is 38.5 Å². The molecule has 2 heterocycles. The summed E-state index contributed by atoms with van der Waals surface area (Å²) in [5.41, 5.74) is -0.270. The third-order valence-electron chi connectivity index (χ3n) is 6.65. The Morgan fingerprint density at radius 3 is 2.40 bits per heavy atom. The summed E-state index contributed by atoms with van der Waals surface area (Å²) in [6, 6.07) is 7.89. The van der Waals surface area contributed by atoms with Crippen molar-refractivity contribution in [2.24, 2.45) is 0 Å². The molecule has 0 aromatic heterocycles. The number of sulfone groups is 1. The topological polar surface area (TPSA) is 95.1 Å². The molecule has 3 fully saturated rings. The van der Waals surface area contributed by atoms with E-state index in [1.54, 1.807) is 31.3 Å². The molecule has 1 aromatic carbocycles. The number of urea groups is 1. The van der Waals surface area contributed by atoms with Gasteiger partial charge in [-0.2, -0.15) is 0 Å². The second-order valence-corrected chi connectivity index (χ2v) is 10.7. The number of carbonyl (C=O) groups is 3.